The highest BCUT2D eigenvalue weighted by Crippen LogP contribution is 2.41. The lowest BCUT2D eigenvalue weighted by Crippen LogP contribution is -2.49. The van der Waals surface area contributed by atoms with Gasteiger partial charge in [0.05, 0.1) is 0 Å². The van der Waals surface area contributed by atoms with Crippen molar-refractivity contribution < 1.29 is 8.85 Å². The van der Waals surface area contributed by atoms with E-state index in [4.69, 9.17) is 8.85 Å². The van der Waals surface area contributed by atoms with Gasteiger partial charge < -0.3 is 8.85 Å². The normalized spacial score (nSPS) is 15.9. The van der Waals surface area contributed by atoms with Gasteiger partial charge in [-0.3, -0.25) is 0 Å². The third-order valence-corrected chi connectivity index (χ3v) is 8.17. The molecule has 0 aliphatic carbocycles. The van der Waals surface area contributed by atoms with Gasteiger partial charge >= 0.3 is 8.56 Å². The first-order valence-electron chi connectivity index (χ1n) is 7.12. The van der Waals surface area contributed by atoms with Crippen LogP contribution in [0.25, 0.3) is 0 Å². The quantitative estimate of drug-likeness (QED) is 0.434. The van der Waals surface area contributed by atoms with Crippen molar-refractivity contribution in [1.29, 1.82) is 0 Å². The van der Waals surface area contributed by atoms with Gasteiger partial charge in [0.15, 0.2) is 0 Å². The topological polar surface area (TPSA) is 18.5 Å². The Hall–Kier alpha value is 0.137. The summed E-state index contributed by atoms with van der Waals surface area (Å²) < 4.78 is 11.9. The van der Waals surface area contributed by atoms with E-state index < -0.39 is 8.56 Å². The molecule has 0 saturated carbocycles. The smallest absolute Gasteiger partial charge is 0.343 e. The molecule has 0 spiro atoms. The number of hydrogen-bond acceptors (Lipinski definition) is 2. The van der Waals surface area contributed by atoms with Crippen LogP contribution in [0.4, 0.5) is 0 Å². The van der Waals surface area contributed by atoms with Crippen molar-refractivity contribution in [3.63, 3.8) is 0 Å². The molecule has 0 bridgehead atoms. The van der Waals surface area contributed by atoms with Crippen LogP contribution >= 0.6 is 0 Å². The van der Waals surface area contributed by atoms with Gasteiger partial charge in [-0.15, -0.1) is 0 Å². The second kappa shape index (κ2) is 8.28. The zero-order valence-corrected chi connectivity index (χ0v) is 13.8. The van der Waals surface area contributed by atoms with E-state index in [0.717, 1.165) is 12.7 Å². The van der Waals surface area contributed by atoms with E-state index >= 15 is 0 Å². The van der Waals surface area contributed by atoms with Crippen molar-refractivity contribution in [2.75, 3.05) is 13.7 Å². The summed E-state index contributed by atoms with van der Waals surface area (Å²) >= 11 is 0. The van der Waals surface area contributed by atoms with Crippen LogP contribution in [0.15, 0.2) is 0 Å². The largest absolute Gasteiger partial charge is 0.397 e. The highest BCUT2D eigenvalue weighted by atomic mass is 28.4. The monoisotopic (exact) mass is 260 g/mol. The Bertz CT molecular complexity index is 189. The molecule has 0 aromatic carbocycles. The van der Waals surface area contributed by atoms with Crippen LogP contribution in [0.1, 0.15) is 66.7 Å². The Labute approximate surface area is 109 Å². The van der Waals surface area contributed by atoms with Crippen LogP contribution in [0, 0.1) is 0 Å². The van der Waals surface area contributed by atoms with Gasteiger partial charge in [-0.05, 0) is 13.0 Å². The lowest BCUT2D eigenvalue weighted by Gasteiger charge is -2.39. The lowest BCUT2D eigenvalue weighted by atomic mass is 10.2. The SMILES string of the molecule is CCCCCCC[Si](OC)(OCC)C(C)(C)C. The van der Waals surface area contributed by atoms with Gasteiger partial charge in [-0.2, -0.15) is 0 Å². The summed E-state index contributed by atoms with van der Waals surface area (Å²) in [6, 6.07) is 1.13. The minimum atomic E-state index is -2.03. The van der Waals surface area contributed by atoms with E-state index in [-0.39, 0.29) is 5.04 Å². The zero-order chi connectivity index (χ0) is 13.4. The van der Waals surface area contributed by atoms with Crippen LogP contribution in [0.5, 0.6) is 0 Å². The summed E-state index contributed by atoms with van der Waals surface area (Å²) in [6.45, 7) is 11.9. The van der Waals surface area contributed by atoms with Crippen molar-refractivity contribution in [2.24, 2.45) is 0 Å². The summed E-state index contributed by atoms with van der Waals surface area (Å²) in [7, 11) is -0.199. The van der Waals surface area contributed by atoms with Crippen LogP contribution in [0.3, 0.4) is 0 Å². The summed E-state index contributed by atoms with van der Waals surface area (Å²) in [5.74, 6) is 0. The molecule has 0 saturated heterocycles. The molecule has 0 heterocycles. The Balaban J connectivity index is 4.28. The molecular weight excluding hydrogens is 228 g/mol. The lowest BCUT2D eigenvalue weighted by molar-refractivity contribution is 0.183. The van der Waals surface area contributed by atoms with E-state index in [1.54, 1.807) is 0 Å². The third-order valence-electron chi connectivity index (χ3n) is 3.46. The van der Waals surface area contributed by atoms with E-state index in [9.17, 15) is 0 Å². The standard InChI is InChI=1S/C14H32O2Si/c1-7-9-10-11-12-13-17(15-6,16-8-2)14(3,4)5/h7-13H2,1-6H3. The molecule has 0 fully saturated rings. The summed E-state index contributed by atoms with van der Waals surface area (Å²) in [4.78, 5) is 0. The van der Waals surface area contributed by atoms with Gasteiger partial charge in [-0.25, -0.2) is 0 Å². The van der Waals surface area contributed by atoms with Gasteiger partial charge in [0.1, 0.15) is 0 Å². The van der Waals surface area contributed by atoms with Crippen molar-refractivity contribution in [3.8, 4) is 0 Å². The molecule has 0 rings (SSSR count). The molecule has 0 N–H and O–H groups in total. The molecule has 17 heavy (non-hydrogen) atoms. The fraction of sp³-hybridized carbons (Fsp3) is 1.00. The van der Waals surface area contributed by atoms with Crippen LogP contribution < -0.4 is 0 Å². The molecule has 0 aromatic heterocycles. The zero-order valence-electron chi connectivity index (χ0n) is 12.8. The van der Waals surface area contributed by atoms with Gasteiger partial charge in [-0.1, -0.05) is 59.8 Å². The molecule has 1 atom stereocenters. The molecule has 104 valence electrons. The molecule has 0 amide bonds. The van der Waals surface area contributed by atoms with Gasteiger partial charge in [0.2, 0.25) is 0 Å². The Morgan fingerprint density at radius 2 is 1.53 bits per heavy atom. The van der Waals surface area contributed by atoms with Crippen LogP contribution in [-0.4, -0.2) is 22.3 Å². The van der Waals surface area contributed by atoms with E-state index in [2.05, 4.69) is 34.6 Å². The van der Waals surface area contributed by atoms with Gasteiger partial charge in [0, 0.05) is 18.8 Å². The molecule has 0 radical (unpaired) electrons. The first-order valence-corrected chi connectivity index (χ1v) is 9.15. The maximum absolute atomic E-state index is 6.07. The fourth-order valence-corrected chi connectivity index (χ4v) is 5.77. The van der Waals surface area contributed by atoms with Crippen molar-refractivity contribution >= 4 is 8.56 Å². The average Bonchev–Trinajstić information content (AvgIpc) is 2.25. The number of rotatable bonds is 9. The van der Waals surface area contributed by atoms with E-state index in [0.29, 0.717) is 0 Å². The molecule has 0 aliphatic rings. The van der Waals surface area contributed by atoms with Gasteiger partial charge in [0.25, 0.3) is 0 Å². The Kier molecular flexibility index (Phi) is 8.34. The molecule has 1 unspecified atom stereocenters. The second-order valence-electron chi connectivity index (χ2n) is 5.80. The molecule has 0 aliphatic heterocycles. The molecule has 2 nitrogen and oxygen atoms in total. The summed E-state index contributed by atoms with van der Waals surface area (Å²) in [6.07, 6.45) is 6.57. The molecular formula is C14H32O2Si. The molecule has 0 aromatic rings. The highest BCUT2D eigenvalue weighted by Gasteiger charge is 2.47. The maximum Gasteiger partial charge on any atom is 0.343 e. The number of hydrogen-bond donors (Lipinski definition) is 0. The van der Waals surface area contributed by atoms with Crippen molar-refractivity contribution in [1.82, 2.24) is 0 Å². The predicted molar refractivity (Wildman–Crippen MR) is 77.7 cm³/mol. The highest BCUT2D eigenvalue weighted by molar-refractivity contribution is 6.70. The van der Waals surface area contributed by atoms with Crippen LogP contribution in [-0.2, 0) is 8.85 Å². The average molecular weight is 260 g/mol. The van der Waals surface area contributed by atoms with Crippen molar-refractivity contribution in [3.05, 3.63) is 0 Å². The first kappa shape index (κ1) is 17.1. The second-order valence-corrected chi connectivity index (χ2v) is 10.0. The van der Waals surface area contributed by atoms with Crippen LogP contribution in [0.2, 0.25) is 11.1 Å². The molecule has 3 heteroatoms. The Morgan fingerprint density at radius 1 is 0.941 bits per heavy atom. The van der Waals surface area contributed by atoms with E-state index in [1.165, 1.54) is 32.1 Å². The first-order chi connectivity index (χ1) is 7.93. The van der Waals surface area contributed by atoms with E-state index in [1.807, 2.05) is 7.11 Å². The van der Waals surface area contributed by atoms with Crippen molar-refractivity contribution in [2.45, 2.75) is 77.8 Å². The fourth-order valence-electron chi connectivity index (χ4n) is 2.33. The predicted octanol–water partition coefficient (Wildman–Crippen LogP) is 4.88. The summed E-state index contributed by atoms with van der Waals surface area (Å²) in [5.41, 5.74) is 0. The minimum Gasteiger partial charge on any atom is -0.397 e. The Morgan fingerprint density at radius 3 is 1.94 bits per heavy atom. The third kappa shape index (κ3) is 5.54. The maximum atomic E-state index is 6.07. The summed E-state index contributed by atoms with van der Waals surface area (Å²) in [5, 5.41) is 0.155. The minimum absolute atomic E-state index is 0.155. The number of unbranched alkanes of at least 4 members (excludes halogenated alkanes) is 4.